The molecule has 0 bridgehead atoms. The van der Waals surface area contributed by atoms with E-state index in [1.807, 2.05) is 14.0 Å². The zero-order chi connectivity index (χ0) is 19.9. The van der Waals surface area contributed by atoms with Crippen LogP contribution in [-0.4, -0.2) is 27.5 Å². The monoisotopic (exact) mass is 403 g/mol. The summed E-state index contributed by atoms with van der Waals surface area (Å²) in [6.07, 6.45) is 0. The minimum atomic E-state index is -0.107. The third-order valence-electron chi connectivity index (χ3n) is 4.16. The lowest BCUT2D eigenvalue weighted by atomic mass is 9.96. The molecule has 0 aliphatic rings. The fourth-order valence-corrected chi connectivity index (χ4v) is 5.02. The van der Waals surface area contributed by atoms with Crippen molar-refractivity contribution >= 4 is 51.0 Å². The number of aromatic nitrogens is 3. The highest BCUT2D eigenvalue weighted by molar-refractivity contribution is 8.02. The molecule has 0 aliphatic carbocycles. The van der Waals surface area contributed by atoms with Crippen LogP contribution in [0.5, 0.6) is 0 Å². The molecule has 3 rings (SSSR count). The highest BCUT2D eigenvalue weighted by Gasteiger charge is 2.21. The van der Waals surface area contributed by atoms with Crippen molar-refractivity contribution in [2.45, 2.75) is 44.2 Å². The predicted molar refractivity (Wildman–Crippen MR) is 115 cm³/mol. The number of nitrogens with zero attached hydrogens (tertiary/aromatic N) is 4. The smallest absolute Gasteiger partial charge is 0.223 e. The summed E-state index contributed by atoms with van der Waals surface area (Å²) in [6.45, 7) is 9.97. The van der Waals surface area contributed by atoms with E-state index >= 15 is 0 Å². The number of anilines is 2. The minimum Gasteiger partial charge on any atom is -0.331 e. The van der Waals surface area contributed by atoms with Gasteiger partial charge in [-0.25, -0.2) is 9.97 Å². The van der Waals surface area contributed by atoms with Gasteiger partial charge in [0, 0.05) is 44.1 Å². The van der Waals surface area contributed by atoms with Gasteiger partial charge in [0.05, 0.1) is 16.7 Å². The Morgan fingerprint density at radius 1 is 1.30 bits per heavy atom. The van der Waals surface area contributed by atoms with Gasteiger partial charge in [0.25, 0.3) is 0 Å². The lowest BCUT2D eigenvalue weighted by Crippen LogP contribution is -2.17. The lowest BCUT2D eigenvalue weighted by molar-refractivity contribution is -0.114. The molecule has 2 aromatic heterocycles. The number of hydrogen-bond acceptors (Lipinski definition) is 6. The summed E-state index contributed by atoms with van der Waals surface area (Å²) in [6, 6.07) is 6.34. The van der Waals surface area contributed by atoms with Crippen molar-refractivity contribution in [1.82, 2.24) is 14.5 Å². The van der Waals surface area contributed by atoms with Gasteiger partial charge in [-0.15, -0.1) is 0 Å². The van der Waals surface area contributed by atoms with Gasteiger partial charge in [-0.2, -0.15) is 0 Å². The maximum Gasteiger partial charge on any atom is 0.223 e. The zero-order valence-electron chi connectivity index (χ0n) is 16.7. The van der Waals surface area contributed by atoms with E-state index in [1.54, 1.807) is 11.9 Å². The molecule has 8 heteroatoms. The van der Waals surface area contributed by atoms with Crippen molar-refractivity contribution in [3.63, 3.8) is 0 Å². The fourth-order valence-electron chi connectivity index (χ4n) is 2.90. The summed E-state index contributed by atoms with van der Waals surface area (Å²) in [5.74, 6) is 0.965. The predicted octanol–water partition coefficient (Wildman–Crippen LogP) is 4.74. The minimum absolute atomic E-state index is 0.00551. The Bertz CT molecular complexity index is 1000. The maximum atomic E-state index is 11.2. The number of nitrogens with one attached hydrogen (secondary N) is 1. The Morgan fingerprint density at radius 3 is 2.63 bits per heavy atom. The molecule has 144 valence electrons. The van der Waals surface area contributed by atoms with Gasteiger partial charge < -0.3 is 14.2 Å². The lowest BCUT2D eigenvalue weighted by Gasteiger charge is -2.17. The molecule has 1 amide bonds. The van der Waals surface area contributed by atoms with Crippen molar-refractivity contribution in [2.75, 3.05) is 16.7 Å². The number of thiazole rings is 1. The molecule has 27 heavy (non-hydrogen) atoms. The van der Waals surface area contributed by atoms with Crippen LogP contribution in [-0.2, 0) is 17.3 Å². The quantitative estimate of drug-likeness (QED) is 0.638. The summed E-state index contributed by atoms with van der Waals surface area (Å²) in [4.78, 5) is 20.5. The number of rotatable bonds is 4. The van der Waals surface area contributed by atoms with Crippen molar-refractivity contribution in [1.29, 1.82) is 0 Å². The van der Waals surface area contributed by atoms with Crippen LogP contribution in [0.4, 0.5) is 10.8 Å². The second-order valence-electron chi connectivity index (χ2n) is 7.58. The molecule has 0 aliphatic heterocycles. The second kappa shape index (κ2) is 7.16. The van der Waals surface area contributed by atoms with Gasteiger partial charge in [0.1, 0.15) is 10.0 Å². The van der Waals surface area contributed by atoms with Gasteiger partial charge in [-0.3, -0.25) is 4.79 Å². The molecule has 2 heterocycles. The fraction of sp³-hybridized carbons (Fsp3) is 0.421. The third-order valence-corrected chi connectivity index (χ3v) is 6.44. The van der Waals surface area contributed by atoms with Crippen LogP contribution >= 0.6 is 23.3 Å². The van der Waals surface area contributed by atoms with Crippen LogP contribution in [0.15, 0.2) is 22.4 Å². The van der Waals surface area contributed by atoms with Gasteiger partial charge >= 0.3 is 0 Å². The van der Waals surface area contributed by atoms with E-state index in [-0.39, 0.29) is 11.3 Å². The van der Waals surface area contributed by atoms with E-state index in [2.05, 4.69) is 65.2 Å². The van der Waals surface area contributed by atoms with E-state index in [9.17, 15) is 4.79 Å². The van der Waals surface area contributed by atoms with Crippen LogP contribution in [0.2, 0.25) is 0 Å². The molecule has 0 atom stereocenters. The first kappa shape index (κ1) is 19.7. The summed E-state index contributed by atoms with van der Waals surface area (Å²) >= 11 is 3.08. The van der Waals surface area contributed by atoms with Crippen molar-refractivity contribution in [3.8, 4) is 0 Å². The molecule has 6 nitrogen and oxygen atoms in total. The molecule has 0 unspecified atom stereocenters. The summed E-state index contributed by atoms with van der Waals surface area (Å²) < 4.78 is 5.32. The number of carbonyl (C=O) groups is 1. The molecule has 0 radical (unpaired) electrons. The second-order valence-corrected chi connectivity index (χ2v) is 9.98. The molecule has 0 saturated heterocycles. The SMILES string of the molecule is CC(=O)Nc1nc(C)c(SN(C)c2ccc3c(c2)nc(C(C)(C)C)n3C)s1. The van der Waals surface area contributed by atoms with Crippen LogP contribution in [0.25, 0.3) is 11.0 Å². The average Bonchev–Trinajstić information content (AvgIpc) is 3.06. The Balaban J connectivity index is 1.87. The van der Waals surface area contributed by atoms with Crippen LogP contribution in [0.3, 0.4) is 0 Å². The van der Waals surface area contributed by atoms with E-state index in [0.717, 1.165) is 32.4 Å². The van der Waals surface area contributed by atoms with E-state index in [4.69, 9.17) is 4.98 Å². The summed E-state index contributed by atoms with van der Waals surface area (Å²) in [5.41, 5.74) is 4.10. The summed E-state index contributed by atoms with van der Waals surface area (Å²) in [7, 11) is 4.09. The Morgan fingerprint density at radius 2 is 2.00 bits per heavy atom. The van der Waals surface area contributed by atoms with E-state index in [1.165, 1.54) is 18.3 Å². The van der Waals surface area contributed by atoms with Crippen LogP contribution in [0.1, 0.15) is 39.2 Å². The highest BCUT2D eigenvalue weighted by atomic mass is 32.2. The molecular formula is C19H25N5OS2. The number of fused-ring (bicyclic) bond motifs is 1. The molecule has 0 spiro atoms. The molecular weight excluding hydrogens is 378 g/mol. The number of aryl methyl sites for hydroxylation is 2. The Hall–Kier alpha value is -2.06. The first-order chi connectivity index (χ1) is 12.6. The molecule has 3 aromatic rings. The number of hydrogen-bond donors (Lipinski definition) is 1. The van der Waals surface area contributed by atoms with Crippen LogP contribution in [0, 0.1) is 6.92 Å². The average molecular weight is 404 g/mol. The first-order valence-electron chi connectivity index (χ1n) is 8.70. The normalized spacial score (nSPS) is 11.8. The zero-order valence-corrected chi connectivity index (χ0v) is 18.4. The van der Waals surface area contributed by atoms with Gasteiger partial charge in [-0.1, -0.05) is 32.1 Å². The standard InChI is InChI=1S/C19H25N5OS2/c1-11-16(26-18(20-11)21-12(2)25)27-24(7)13-8-9-15-14(10-13)22-17(23(15)6)19(3,4)5/h8-10H,1-7H3,(H,20,21,25). The highest BCUT2D eigenvalue weighted by Crippen LogP contribution is 2.37. The number of benzene rings is 1. The number of amides is 1. The molecule has 0 fully saturated rings. The summed E-state index contributed by atoms with van der Waals surface area (Å²) in [5, 5.41) is 3.38. The number of imidazole rings is 1. The van der Waals surface area contributed by atoms with Crippen molar-refractivity contribution in [3.05, 3.63) is 29.7 Å². The van der Waals surface area contributed by atoms with Crippen molar-refractivity contribution < 1.29 is 4.79 Å². The van der Waals surface area contributed by atoms with Gasteiger partial charge in [-0.05, 0) is 25.1 Å². The van der Waals surface area contributed by atoms with E-state index in [0.29, 0.717) is 5.13 Å². The largest absolute Gasteiger partial charge is 0.331 e. The number of carbonyl (C=O) groups excluding carboxylic acids is 1. The third kappa shape index (κ3) is 4.11. The Kier molecular flexibility index (Phi) is 5.22. The van der Waals surface area contributed by atoms with Gasteiger partial charge in [0.15, 0.2) is 5.13 Å². The maximum absolute atomic E-state index is 11.2. The molecule has 1 aromatic carbocycles. The van der Waals surface area contributed by atoms with Crippen LogP contribution < -0.4 is 9.62 Å². The molecule has 0 saturated carbocycles. The topological polar surface area (TPSA) is 63.1 Å². The van der Waals surface area contributed by atoms with Gasteiger partial charge in [0.2, 0.25) is 5.91 Å². The first-order valence-corrected chi connectivity index (χ1v) is 10.3. The Labute approximate surface area is 168 Å². The molecule has 1 N–H and O–H groups in total. The van der Waals surface area contributed by atoms with Crippen molar-refractivity contribution in [2.24, 2.45) is 7.05 Å². The van der Waals surface area contributed by atoms with E-state index < -0.39 is 0 Å².